The van der Waals surface area contributed by atoms with E-state index in [4.69, 9.17) is 5.73 Å². The maximum absolute atomic E-state index is 12.8. The molecule has 1 aromatic carbocycles. The lowest BCUT2D eigenvalue weighted by atomic mass is 9.96. The highest BCUT2D eigenvalue weighted by Gasteiger charge is 2.31. The number of amides is 2. The average Bonchev–Trinajstić information content (AvgIpc) is 2.55. The first-order chi connectivity index (χ1) is 11.4. The fraction of sp³-hybridized carbons (Fsp3) is 0.556. The second-order valence-corrected chi connectivity index (χ2v) is 7.83. The standard InChI is InChI=1S/C18H27N3O2S.ClH/c1-12(19)17-6-4-5-11-21(17)18(23)13(2)24-16-9-7-15(8-10-16)20-14(3)22;/h7-10,12-13,17H,4-6,11,19H2,1-3H3,(H,20,22);1H. The van der Waals surface area contributed by atoms with Crippen LogP contribution in [-0.2, 0) is 9.59 Å². The first-order valence-electron chi connectivity index (χ1n) is 8.49. The summed E-state index contributed by atoms with van der Waals surface area (Å²) in [6, 6.07) is 7.72. The molecule has 2 rings (SSSR count). The summed E-state index contributed by atoms with van der Waals surface area (Å²) >= 11 is 1.54. The minimum atomic E-state index is -0.157. The molecule has 140 valence electrons. The number of hydrogen-bond donors (Lipinski definition) is 2. The number of carbonyl (C=O) groups is 2. The third kappa shape index (κ3) is 6.20. The van der Waals surface area contributed by atoms with E-state index in [2.05, 4.69) is 5.32 Å². The molecule has 1 saturated heterocycles. The Morgan fingerprint density at radius 2 is 1.88 bits per heavy atom. The monoisotopic (exact) mass is 385 g/mol. The van der Waals surface area contributed by atoms with Gasteiger partial charge in [0.05, 0.1) is 5.25 Å². The maximum atomic E-state index is 12.8. The van der Waals surface area contributed by atoms with Gasteiger partial charge in [-0.2, -0.15) is 0 Å². The molecule has 7 heteroatoms. The van der Waals surface area contributed by atoms with Crippen LogP contribution in [-0.4, -0.2) is 40.6 Å². The van der Waals surface area contributed by atoms with E-state index >= 15 is 0 Å². The normalized spacial score (nSPS) is 19.5. The van der Waals surface area contributed by atoms with Crippen molar-refractivity contribution in [2.45, 2.75) is 62.3 Å². The molecule has 3 N–H and O–H groups in total. The molecule has 0 aliphatic carbocycles. The molecule has 1 aromatic rings. The van der Waals surface area contributed by atoms with Crippen molar-refractivity contribution in [1.29, 1.82) is 0 Å². The highest BCUT2D eigenvalue weighted by atomic mass is 35.5. The second kappa shape index (κ2) is 10.0. The zero-order valence-electron chi connectivity index (χ0n) is 15.0. The van der Waals surface area contributed by atoms with Crippen molar-refractivity contribution in [2.24, 2.45) is 5.73 Å². The predicted octanol–water partition coefficient (Wildman–Crippen LogP) is 3.28. The van der Waals surface area contributed by atoms with Gasteiger partial charge in [0.1, 0.15) is 0 Å². The number of piperidine rings is 1. The molecule has 1 heterocycles. The van der Waals surface area contributed by atoms with Crippen LogP contribution in [0, 0.1) is 0 Å². The van der Waals surface area contributed by atoms with E-state index in [0.717, 1.165) is 36.4 Å². The summed E-state index contributed by atoms with van der Waals surface area (Å²) in [5.41, 5.74) is 6.83. The lowest BCUT2D eigenvalue weighted by Gasteiger charge is -2.39. The summed E-state index contributed by atoms with van der Waals surface area (Å²) < 4.78 is 0. The highest BCUT2D eigenvalue weighted by Crippen LogP contribution is 2.28. The zero-order chi connectivity index (χ0) is 17.7. The smallest absolute Gasteiger partial charge is 0.236 e. The Balaban J connectivity index is 0.00000312. The van der Waals surface area contributed by atoms with Gasteiger partial charge in [0.15, 0.2) is 0 Å². The zero-order valence-corrected chi connectivity index (χ0v) is 16.7. The first kappa shape index (κ1) is 21.8. The van der Waals surface area contributed by atoms with Gasteiger partial charge >= 0.3 is 0 Å². The number of hydrogen-bond acceptors (Lipinski definition) is 4. The number of nitrogens with zero attached hydrogens (tertiary/aromatic N) is 1. The number of likely N-dealkylation sites (tertiary alicyclic amines) is 1. The van der Waals surface area contributed by atoms with Crippen LogP contribution in [0.3, 0.4) is 0 Å². The third-order valence-electron chi connectivity index (χ3n) is 4.27. The second-order valence-electron chi connectivity index (χ2n) is 6.42. The van der Waals surface area contributed by atoms with E-state index in [-0.39, 0.29) is 41.6 Å². The molecule has 5 nitrogen and oxygen atoms in total. The summed E-state index contributed by atoms with van der Waals surface area (Å²) in [7, 11) is 0. The fourth-order valence-corrected chi connectivity index (χ4v) is 4.02. The van der Waals surface area contributed by atoms with Crippen molar-refractivity contribution < 1.29 is 9.59 Å². The summed E-state index contributed by atoms with van der Waals surface area (Å²) in [4.78, 5) is 26.9. The number of anilines is 1. The highest BCUT2D eigenvalue weighted by molar-refractivity contribution is 8.00. The van der Waals surface area contributed by atoms with E-state index in [9.17, 15) is 9.59 Å². The number of nitrogens with one attached hydrogen (secondary N) is 1. The molecule has 3 unspecified atom stereocenters. The Labute approximate surface area is 160 Å². The number of halogens is 1. The molecule has 0 aromatic heterocycles. The Morgan fingerprint density at radius 1 is 1.24 bits per heavy atom. The number of carbonyl (C=O) groups excluding carboxylic acids is 2. The van der Waals surface area contributed by atoms with Gasteiger partial charge in [-0.3, -0.25) is 9.59 Å². The van der Waals surface area contributed by atoms with Gasteiger partial charge in [-0.25, -0.2) is 0 Å². The Hall–Kier alpha value is -1.24. The van der Waals surface area contributed by atoms with E-state index in [1.807, 2.05) is 43.0 Å². The molecule has 1 aliphatic rings. The van der Waals surface area contributed by atoms with Crippen molar-refractivity contribution in [3.05, 3.63) is 24.3 Å². The lowest BCUT2D eigenvalue weighted by molar-refractivity contribution is -0.134. The number of rotatable bonds is 5. The molecule has 25 heavy (non-hydrogen) atoms. The van der Waals surface area contributed by atoms with Crippen molar-refractivity contribution in [3.63, 3.8) is 0 Å². The van der Waals surface area contributed by atoms with Crippen LogP contribution in [0.2, 0.25) is 0 Å². The summed E-state index contributed by atoms with van der Waals surface area (Å²) in [6.07, 6.45) is 3.19. The molecular formula is C18H28ClN3O2S. The molecule has 0 bridgehead atoms. The minimum Gasteiger partial charge on any atom is -0.337 e. The topological polar surface area (TPSA) is 75.4 Å². The molecule has 1 fully saturated rings. The molecule has 0 radical (unpaired) electrons. The van der Waals surface area contributed by atoms with Crippen LogP contribution < -0.4 is 11.1 Å². The van der Waals surface area contributed by atoms with Gasteiger partial charge in [-0.15, -0.1) is 24.2 Å². The molecule has 0 saturated carbocycles. The maximum Gasteiger partial charge on any atom is 0.236 e. The number of thioether (sulfide) groups is 1. The van der Waals surface area contributed by atoms with Crippen LogP contribution in [0.4, 0.5) is 5.69 Å². The average molecular weight is 386 g/mol. The minimum absolute atomic E-state index is 0. The largest absolute Gasteiger partial charge is 0.337 e. The van der Waals surface area contributed by atoms with E-state index in [1.165, 1.54) is 6.92 Å². The third-order valence-corrected chi connectivity index (χ3v) is 5.37. The van der Waals surface area contributed by atoms with Crippen LogP contribution in [0.25, 0.3) is 0 Å². The van der Waals surface area contributed by atoms with E-state index in [1.54, 1.807) is 11.8 Å². The van der Waals surface area contributed by atoms with Crippen LogP contribution in [0.5, 0.6) is 0 Å². The molecule has 2 amide bonds. The Bertz CT molecular complexity index is 580. The van der Waals surface area contributed by atoms with Crippen LogP contribution in [0.1, 0.15) is 40.0 Å². The van der Waals surface area contributed by atoms with Crippen LogP contribution >= 0.6 is 24.2 Å². The Morgan fingerprint density at radius 3 is 2.44 bits per heavy atom. The van der Waals surface area contributed by atoms with Gasteiger partial charge < -0.3 is 16.0 Å². The van der Waals surface area contributed by atoms with Gasteiger partial charge in [-0.05, 0) is 57.4 Å². The van der Waals surface area contributed by atoms with Gasteiger partial charge in [-0.1, -0.05) is 0 Å². The fourth-order valence-electron chi connectivity index (χ4n) is 3.09. The van der Waals surface area contributed by atoms with E-state index < -0.39 is 0 Å². The number of nitrogens with two attached hydrogens (primary N) is 1. The van der Waals surface area contributed by atoms with Gasteiger partial charge in [0.25, 0.3) is 0 Å². The van der Waals surface area contributed by atoms with E-state index in [0.29, 0.717) is 0 Å². The first-order valence-corrected chi connectivity index (χ1v) is 9.37. The lowest BCUT2D eigenvalue weighted by Crippen LogP contribution is -2.53. The van der Waals surface area contributed by atoms with Crippen molar-refractivity contribution in [1.82, 2.24) is 4.90 Å². The molecular weight excluding hydrogens is 358 g/mol. The van der Waals surface area contributed by atoms with Gasteiger partial charge in [0.2, 0.25) is 11.8 Å². The summed E-state index contributed by atoms with van der Waals surface area (Å²) in [5.74, 6) is 0.0685. The summed E-state index contributed by atoms with van der Waals surface area (Å²) in [5, 5.41) is 2.58. The van der Waals surface area contributed by atoms with Crippen molar-refractivity contribution in [2.75, 3.05) is 11.9 Å². The molecule has 1 aliphatic heterocycles. The quantitative estimate of drug-likeness (QED) is 0.762. The van der Waals surface area contributed by atoms with Crippen LogP contribution in [0.15, 0.2) is 29.2 Å². The van der Waals surface area contributed by atoms with Crippen molar-refractivity contribution >= 4 is 41.7 Å². The van der Waals surface area contributed by atoms with Crippen molar-refractivity contribution in [3.8, 4) is 0 Å². The van der Waals surface area contributed by atoms with Gasteiger partial charge in [0, 0.05) is 36.1 Å². The Kier molecular flexibility index (Phi) is 8.76. The predicted molar refractivity (Wildman–Crippen MR) is 106 cm³/mol. The molecule has 3 atom stereocenters. The SMILES string of the molecule is CC(=O)Nc1ccc(SC(C)C(=O)N2CCCCC2C(C)N)cc1.Cl. The molecule has 0 spiro atoms. The number of benzene rings is 1. The summed E-state index contributed by atoms with van der Waals surface area (Å²) in [6.45, 7) is 6.21.